The van der Waals surface area contributed by atoms with Gasteiger partial charge in [0.05, 0.1) is 5.56 Å². The number of rotatable bonds is 2. The number of carbonyl (C=O) groups is 1. The molecule has 0 amide bonds. The minimum Gasteiger partial charge on any atom is -0.507 e. The largest absolute Gasteiger partial charge is 0.507 e. The fourth-order valence-corrected chi connectivity index (χ4v) is 1.91. The van der Waals surface area contributed by atoms with Gasteiger partial charge in [0.2, 0.25) is 0 Å². The summed E-state index contributed by atoms with van der Waals surface area (Å²) in [7, 11) is 0. The molecule has 1 aliphatic rings. The zero-order chi connectivity index (χ0) is 10.1. The maximum atomic E-state index is 10.8. The van der Waals surface area contributed by atoms with Crippen molar-refractivity contribution in [1.82, 2.24) is 4.90 Å². The van der Waals surface area contributed by atoms with Crippen molar-refractivity contribution in [2.45, 2.75) is 20.0 Å². The minimum atomic E-state index is 0.0942. The Morgan fingerprint density at radius 2 is 2.29 bits per heavy atom. The molecule has 0 atom stereocenters. The summed E-state index contributed by atoms with van der Waals surface area (Å²) in [5, 5.41) is 9.48. The van der Waals surface area contributed by atoms with Gasteiger partial charge in [-0.1, -0.05) is 13.0 Å². The molecule has 1 heterocycles. The van der Waals surface area contributed by atoms with E-state index in [9.17, 15) is 9.90 Å². The smallest absolute Gasteiger partial charge is 0.154 e. The summed E-state index contributed by atoms with van der Waals surface area (Å²) in [6.07, 6.45) is 0.743. The number of carbonyl (C=O) groups excluding carboxylic acids is 1. The summed E-state index contributed by atoms with van der Waals surface area (Å²) >= 11 is 0. The van der Waals surface area contributed by atoms with Crippen LogP contribution in [0.4, 0.5) is 0 Å². The van der Waals surface area contributed by atoms with Crippen LogP contribution in [0.2, 0.25) is 0 Å². The predicted octanol–water partition coefficient (Wildman–Crippen LogP) is 1.54. The Bertz CT molecular complexity index is 374. The van der Waals surface area contributed by atoms with Gasteiger partial charge in [0.15, 0.2) is 6.29 Å². The fraction of sp³-hybridized carbons (Fsp3) is 0.364. The number of fused-ring (bicyclic) bond motifs is 1. The summed E-state index contributed by atoms with van der Waals surface area (Å²) in [5.41, 5.74) is 2.60. The first kappa shape index (κ1) is 9.21. The van der Waals surface area contributed by atoms with Crippen LogP contribution < -0.4 is 0 Å². The first-order valence-electron chi connectivity index (χ1n) is 4.77. The average Bonchev–Trinajstić information content (AvgIpc) is 2.60. The molecule has 14 heavy (non-hydrogen) atoms. The summed E-state index contributed by atoms with van der Waals surface area (Å²) in [4.78, 5) is 13.0. The number of phenolic OH excluding ortho intramolecular Hbond substituents is 1. The highest BCUT2D eigenvalue weighted by molar-refractivity contribution is 5.82. The van der Waals surface area contributed by atoms with Crippen molar-refractivity contribution in [3.05, 3.63) is 28.8 Å². The van der Waals surface area contributed by atoms with Gasteiger partial charge in [-0.15, -0.1) is 0 Å². The Hall–Kier alpha value is -1.35. The van der Waals surface area contributed by atoms with Crippen molar-refractivity contribution < 1.29 is 9.90 Å². The number of phenols is 1. The van der Waals surface area contributed by atoms with E-state index in [1.807, 2.05) is 6.07 Å². The van der Waals surface area contributed by atoms with Gasteiger partial charge in [-0.25, -0.2) is 0 Å². The third kappa shape index (κ3) is 1.30. The first-order chi connectivity index (χ1) is 6.76. The van der Waals surface area contributed by atoms with E-state index >= 15 is 0 Å². The van der Waals surface area contributed by atoms with Crippen LogP contribution in [0.1, 0.15) is 28.4 Å². The molecule has 0 spiro atoms. The van der Waals surface area contributed by atoms with Crippen molar-refractivity contribution in [3.8, 4) is 5.75 Å². The van der Waals surface area contributed by atoms with Crippen LogP contribution in [-0.2, 0) is 13.1 Å². The maximum absolute atomic E-state index is 10.8. The zero-order valence-corrected chi connectivity index (χ0v) is 8.16. The highest BCUT2D eigenvalue weighted by Crippen LogP contribution is 2.29. The molecule has 1 aromatic rings. The van der Waals surface area contributed by atoms with Crippen LogP contribution in [0.5, 0.6) is 5.75 Å². The SMILES string of the molecule is CCN1Cc2ccc(O)c(C=O)c2C1. The number of hydrogen-bond donors (Lipinski definition) is 1. The molecule has 1 N–H and O–H groups in total. The quantitative estimate of drug-likeness (QED) is 0.721. The minimum absolute atomic E-state index is 0.0942. The van der Waals surface area contributed by atoms with Gasteiger partial charge in [-0.2, -0.15) is 0 Å². The van der Waals surface area contributed by atoms with Crippen molar-refractivity contribution >= 4 is 6.29 Å². The van der Waals surface area contributed by atoms with E-state index < -0.39 is 0 Å². The molecule has 0 bridgehead atoms. The molecule has 0 fully saturated rings. The van der Waals surface area contributed by atoms with Crippen molar-refractivity contribution in [1.29, 1.82) is 0 Å². The molecular formula is C11H13NO2. The van der Waals surface area contributed by atoms with Crippen molar-refractivity contribution in [3.63, 3.8) is 0 Å². The molecule has 3 heteroatoms. The number of benzene rings is 1. The van der Waals surface area contributed by atoms with E-state index in [1.54, 1.807) is 6.07 Å². The van der Waals surface area contributed by atoms with Crippen LogP contribution in [0.15, 0.2) is 12.1 Å². The molecule has 0 radical (unpaired) electrons. The fourth-order valence-electron chi connectivity index (χ4n) is 1.91. The first-order valence-corrected chi connectivity index (χ1v) is 4.77. The molecule has 1 aromatic carbocycles. The second kappa shape index (κ2) is 3.42. The van der Waals surface area contributed by atoms with E-state index in [0.29, 0.717) is 5.56 Å². The molecular weight excluding hydrogens is 178 g/mol. The van der Waals surface area contributed by atoms with Gasteiger partial charge < -0.3 is 5.11 Å². The van der Waals surface area contributed by atoms with Gasteiger partial charge in [-0.3, -0.25) is 9.69 Å². The topological polar surface area (TPSA) is 40.5 Å². The van der Waals surface area contributed by atoms with E-state index in [4.69, 9.17) is 0 Å². The highest BCUT2D eigenvalue weighted by atomic mass is 16.3. The average molecular weight is 191 g/mol. The molecule has 0 saturated carbocycles. The number of aromatic hydroxyl groups is 1. The molecule has 0 aliphatic carbocycles. The molecule has 3 nitrogen and oxygen atoms in total. The lowest BCUT2D eigenvalue weighted by atomic mass is 10.0. The third-order valence-electron chi connectivity index (χ3n) is 2.77. The van der Waals surface area contributed by atoms with Crippen LogP contribution in [0.25, 0.3) is 0 Å². The van der Waals surface area contributed by atoms with Crippen LogP contribution in [-0.4, -0.2) is 22.8 Å². The van der Waals surface area contributed by atoms with Gasteiger partial charge in [0.25, 0.3) is 0 Å². The van der Waals surface area contributed by atoms with Gasteiger partial charge in [-0.05, 0) is 23.7 Å². The molecule has 0 unspecified atom stereocenters. The van der Waals surface area contributed by atoms with Gasteiger partial charge in [0, 0.05) is 13.1 Å². The Labute approximate surface area is 83.0 Å². The monoisotopic (exact) mass is 191 g/mol. The summed E-state index contributed by atoms with van der Waals surface area (Å²) in [6.45, 7) is 4.71. The molecule has 0 aromatic heterocycles. The third-order valence-corrected chi connectivity index (χ3v) is 2.77. The normalized spacial score (nSPS) is 15.5. The van der Waals surface area contributed by atoms with Crippen molar-refractivity contribution in [2.75, 3.05) is 6.54 Å². The lowest BCUT2D eigenvalue weighted by Crippen LogP contribution is -2.14. The lowest BCUT2D eigenvalue weighted by molar-refractivity contribution is 0.111. The Kier molecular flexibility index (Phi) is 2.25. The second-order valence-corrected chi connectivity index (χ2v) is 3.56. The summed E-state index contributed by atoms with van der Waals surface area (Å²) in [5.74, 6) is 0.0942. The number of hydrogen-bond acceptors (Lipinski definition) is 3. The van der Waals surface area contributed by atoms with E-state index in [-0.39, 0.29) is 5.75 Å². The summed E-state index contributed by atoms with van der Waals surface area (Å²) in [6, 6.07) is 3.50. The second-order valence-electron chi connectivity index (χ2n) is 3.56. The van der Waals surface area contributed by atoms with Crippen LogP contribution >= 0.6 is 0 Å². The van der Waals surface area contributed by atoms with E-state index in [0.717, 1.165) is 37.0 Å². The maximum Gasteiger partial charge on any atom is 0.154 e. The highest BCUT2D eigenvalue weighted by Gasteiger charge is 2.21. The molecule has 2 rings (SSSR count). The van der Waals surface area contributed by atoms with E-state index in [1.165, 1.54) is 0 Å². The van der Waals surface area contributed by atoms with Crippen LogP contribution in [0, 0.1) is 0 Å². The lowest BCUT2D eigenvalue weighted by Gasteiger charge is -2.09. The van der Waals surface area contributed by atoms with Gasteiger partial charge >= 0.3 is 0 Å². The number of aldehydes is 1. The van der Waals surface area contributed by atoms with E-state index in [2.05, 4.69) is 11.8 Å². The Balaban J connectivity index is 2.46. The standard InChI is InChI=1S/C11H13NO2/c1-2-12-5-8-3-4-11(14)10(7-13)9(8)6-12/h3-4,7,14H,2,5-6H2,1H3. The van der Waals surface area contributed by atoms with Crippen molar-refractivity contribution in [2.24, 2.45) is 0 Å². The molecule has 74 valence electrons. The Morgan fingerprint density at radius 1 is 1.50 bits per heavy atom. The Morgan fingerprint density at radius 3 is 2.93 bits per heavy atom. The number of nitrogens with zero attached hydrogens (tertiary/aromatic N) is 1. The van der Waals surface area contributed by atoms with Gasteiger partial charge in [0.1, 0.15) is 5.75 Å². The predicted molar refractivity (Wildman–Crippen MR) is 53.3 cm³/mol. The molecule has 0 saturated heterocycles. The van der Waals surface area contributed by atoms with Crippen LogP contribution in [0.3, 0.4) is 0 Å². The zero-order valence-electron chi connectivity index (χ0n) is 8.16. The summed E-state index contributed by atoms with van der Waals surface area (Å²) < 4.78 is 0. The molecule has 1 aliphatic heterocycles.